The van der Waals surface area contributed by atoms with Crippen molar-refractivity contribution in [2.45, 2.75) is 57.7 Å². The molecule has 1 aliphatic rings. The Morgan fingerprint density at radius 2 is 1.73 bits per heavy atom. The van der Waals surface area contributed by atoms with Gasteiger partial charge in [-0.2, -0.15) is 0 Å². The minimum Gasteiger partial charge on any atom is -0.479 e. The van der Waals surface area contributed by atoms with Crippen LogP contribution in [0, 0.1) is 5.82 Å². The van der Waals surface area contributed by atoms with E-state index in [1.165, 1.54) is 19.4 Å². The molecule has 1 aliphatic heterocycles. The predicted molar refractivity (Wildman–Crippen MR) is 212 cm³/mol. The van der Waals surface area contributed by atoms with Crippen LogP contribution in [0.25, 0.3) is 11.0 Å². The molecule has 6 rings (SSSR count). The van der Waals surface area contributed by atoms with E-state index in [0.29, 0.717) is 56.2 Å². The highest BCUT2D eigenvalue weighted by molar-refractivity contribution is 8.00. The molecule has 0 aliphatic carbocycles. The molecule has 14 nitrogen and oxygen atoms in total. The summed E-state index contributed by atoms with van der Waals surface area (Å²) in [7, 11) is 1.30. The number of oxime groups is 1. The van der Waals surface area contributed by atoms with Gasteiger partial charge in [0.25, 0.3) is 0 Å². The highest BCUT2D eigenvalue weighted by atomic mass is 35.5. The van der Waals surface area contributed by atoms with Gasteiger partial charge in [-0.05, 0) is 99.5 Å². The SMILES string of the molecule is CC(C)=NOCCOC(=O)[C@@H](C)Oc1ccc(Oc2cnc3cc(Cl)ccc3n2)cc1.COC(=O)CSc1cc(N=c2sc(=O)n3n2CCCC3)c(F)cc1Cl. The van der Waals surface area contributed by atoms with Gasteiger partial charge in [-0.25, -0.2) is 28.8 Å². The number of fused-ring (bicyclic) bond motifs is 2. The molecule has 0 amide bonds. The molecule has 3 heterocycles. The van der Waals surface area contributed by atoms with Gasteiger partial charge in [0.1, 0.15) is 29.6 Å². The second-order valence-electron chi connectivity index (χ2n) is 12.0. The lowest BCUT2D eigenvalue weighted by Crippen LogP contribution is -2.31. The fourth-order valence-electron chi connectivity index (χ4n) is 4.88. The molecule has 0 unspecified atom stereocenters. The molecule has 0 spiro atoms. The van der Waals surface area contributed by atoms with Gasteiger partial charge in [0, 0.05) is 23.0 Å². The summed E-state index contributed by atoms with van der Waals surface area (Å²) >= 11 is 14.1. The van der Waals surface area contributed by atoms with Crippen molar-refractivity contribution in [2.24, 2.45) is 10.1 Å². The maximum Gasteiger partial charge on any atom is 0.347 e. The average Bonchev–Trinajstić information content (AvgIpc) is 3.50. The molecule has 296 valence electrons. The molecule has 0 saturated carbocycles. The van der Waals surface area contributed by atoms with Crippen LogP contribution in [0.3, 0.4) is 0 Å². The number of methoxy groups -OCH3 is 1. The van der Waals surface area contributed by atoms with Crippen molar-refractivity contribution in [3.05, 3.63) is 91.1 Å². The van der Waals surface area contributed by atoms with Crippen LogP contribution in [-0.2, 0) is 37.0 Å². The maximum atomic E-state index is 14.3. The van der Waals surface area contributed by atoms with Gasteiger partial charge in [0.2, 0.25) is 10.7 Å². The Morgan fingerprint density at radius 3 is 2.46 bits per heavy atom. The van der Waals surface area contributed by atoms with Crippen molar-refractivity contribution in [1.29, 1.82) is 0 Å². The lowest BCUT2D eigenvalue weighted by molar-refractivity contribution is -0.152. The Labute approximate surface area is 338 Å². The first-order valence-corrected chi connectivity index (χ1v) is 19.7. The van der Waals surface area contributed by atoms with Crippen LogP contribution >= 0.6 is 46.3 Å². The number of thioether (sulfide) groups is 1. The van der Waals surface area contributed by atoms with E-state index in [2.05, 4.69) is 24.9 Å². The third kappa shape index (κ3) is 12.0. The Bertz CT molecular complexity index is 2330. The van der Waals surface area contributed by atoms with Crippen LogP contribution in [0.2, 0.25) is 10.0 Å². The van der Waals surface area contributed by atoms with Crippen molar-refractivity contribution in [3.8, 4) is 17.4 Å². The van der Waals surface area contributed by atoms with Crippen molar-refractivity contribution in [2.75, 3.05) is 26.1 Å². The van der Waals surface area contributed by atoms with E-state index < -0.39 is 23.9 Å². The summed E-state index contributed by atoms with van der Waals surface area (Å²) in [5, 5.41) is 4.55. The van der Waals surface area contributed by atoms with Gasteiger partial charge in [-0.15, -0.1) is 11.8 Å². The summed E-state index contributed by atoms with van der Waals surface area (Å²) in [6.07, 6.45) is 2.64. The van der Waals surface area contributed by atoms with Gasteiger partial charge in [-0.3, -0.25) is 14.3 Å². The number of nitrogens with zero attached hydrogens (tertiary/aromatic N) is 6. The molecule has 19 heteroatoms. The van der Waals surface area contributed by atoms with Crippen LogP contribution < -0.4 is 19.1 Å². The molecule has 0 radical (unpaired) electrons. The van der Waals surface area contributed by atoms with Gasteiger partial charge in [0.15, 0.2) is 12.7 Å². The molecular weight excluding hydrogens is 810 g/mol. The van der Waals surface area contributed by atoms with Gasteiger partial charge in [-0.1, -0.05) is 28.4 Å². The zero-order chi connectivity index (χ0) is 40.2. The lowest BCUT2D eigenvalue weighted by atomic mass is 10.3. The first-order valence-electron chi connectivity index (χ1n) is 17.1. The zero-order valence-corrected chi connectivity index (χ0v) is 33.8. The van der Waals surface area contributed by atoms with Crippen LogP contribution in [0.15, 0.2) is 80.6 Å². The highest BCUT2D eigenvalue weighted by Gasteiger charge is 2.17. The Balaban J connectivity index is 0.000000219. The van der Waals surface area contributed by atoms with E-state index in [-0.39, 0.29) is 34.5 Å². The number of esters is 2. The van der Waals surface area contributed by atoms with Crippen molar-refractivity contribution >= 4 is 80.7 Å². The Kier molecular flexibility index (Phi) is 15.3. The number of hydrogen-bond donors (Lipinski definition) is 0. The normalized spacial score (nSPS) is 12.8. The molecule has 2 aromatic heterocycles. The number of carbonyl (C=O) groups is 2. The van der Waals surface area contributed by atoms with E-state index in [9.17, 15) is 18.8 Å². The smallest absolute Gasteiger partial charge is 0.347 e. The minimum absolute atomic E-state index is 0.0605. The van der Waals surface area contributed by atoms with E-state index in [0.717, 1.165) is 47.7 Å². The summed E-state index contributed by atoms with van der Waals surface area (Å²) in [5.74, 6) is -0.0153. The number of benzene rings is 3. The van der Waals surface area contributed by atoms with Crippen LogP contribution in [0.1, 0.15) is 33.6 Å². The number of aromatic nitrogens is 4. The van der Waals surface area contributed by atoms with Crippen molar-refractivity contribution < 1.29 is 37.8 Å². The zero-order valence-electron chi connectivity index (χ0n) is 30.7. The van der Waals surface area contributed by atoms with Crippen LogP contribution in [0.5, 0.6) is 17.4 Å². The fourth-order valence-corrected chi connectivity index (χ4v) is 7.03. The number of halogens is 3. The molecule has 0 N–H and O–H groups in total. The average molecular weight is 848 g/mol. The van der Waals surface area contributed by atoms with E-state index in [1.54, 1.807) is 58.8 Å². The van der Waals surface area contributed by atoms with Crippen LogP contribution in [0.4, 0.5) is 10.1 Å². The minimum atomic E-state index is -0.777. The maximum absolute atomic E-state index is 14.3. The number of carbonyl (C=O) groups excluding carboxylic acids is 2. The number of ether oxygens (including phenoxy) is 4. The lowest BCUT2D eigenvalue weighted by Gasteiger charge is -2.15. The second kappa shape index (κ2) is 20.3. The second-order valence-corrected chi connectivity index (χ2v) is 14.8. The van der Waals surface area contributed by atoms with E-state index in [1.807, 2.05) is 13.8 Å². The van der Waals surface area contributed by atoms with Gasteiger partial charge in [0.05, 0.1) is 40.8 Å². The summed E-state index contributed by atoms with van der Waals surface area (Å²) in [4.78, 5) is 54.2. The first kappa shape index (κ1) is 42.2. The number of rotatable bonds is 13. The summed E-state index contributed by atoms with van der Waals surface area (Å²) < 4.78 is 38.7. The first-order chi connectivity index (χ1) is 26.9. The third-order valence-electron chi connectivity index (χ3n) is 7.52. The predicted octanol–water partition coefficient (Wildman–Crippen LogP) is 7.59. The van der Waals surface area contributed by atoms with Crippen molar-refractivity contribution in [1.82, 2.24) is 19.3 Å². The fraction of sp³-hybridized carbons (Fsp3) is 0.324. The van der Waals surface area contributed by atoms with Crippen molar-refractivity contribution in [3.63, 3.8) is 0 Å². The van der Waals surface area contributed by atoms with Gasteiger partial charge < -0.3 is 23.8 Å². The number of hydrogen-bond acceptors (Lipinski definition) is 14. The molecule has 1 atom stereocenters. The van der Waals surface area contributed by atoms with E-state index in [4.69, 9.17) is 42.3 Å². The summed E-state index contributed by atoms with van der Waals surface area (Å²) in [6, 6.07) is 14.7. The molecule has 0 bridgehead atoms. The third-order valence-corrected chi connectivity index (χ3v) is 10.1. The quantitative estimate of drug-likeness (QED) is 0.0378. The van der Waals surface area contributed by atoms with E-state index >= 15 is 0 Å². The topological polar surface area (TPSA) is 158 Å². The summed E-state index contributed by atoms with van der Waals surface area (Å²) in [5.41, 5.74) is 2.23. The van der Waals surface area contributed by atoms with Crippen LogP contribution in [-0.4, -0.2) is 69.2 Å². The molecule has 5 aromatic rings. The largest absolute Gasteiger partial charge is 0.479 e. The molecular formula is C37H37Cl2FN6O8S2. The molecule has 0 saturated heterocycles. The Morgan fingerprint density at radius 1 is 1.00 bits per heavy atom. The molecule has 56 heavy (non-hydrogen) atoms. The van der Waals surface area contributed by atoms with Gasteiger partial charge >= 0.3 is 16.8 Å². The summed E-state index contributed by atoms with van der Waals surface area (Å²) in [6.45, 7) is 6.83. The monoisotopic (exact) mass is 846 g/mol. The molecule has 0 fully saturated rings. The highest BCUT2D eigenvalue weighted by Crippen LogP contribution is 2.33. The standard InChI is InChI=1S/C22H22ClN3O5.C15H15ClFN3O3S2/c1-14(2)26-29-11-10-28-22(27)15(3)30-17-5-7-18(8-6-17)31-21-13-24-20-12-16(23)4-9-19(20)25-21;1-23-13(21)8-24-12-7-11(10(17)6-9(12)16)18-14-19-4-2-3-5-20(19)15(22)25-14/h4-9,12-13,15H,10-11H2,1-3H3;6-7H,2-5,8H2,1H3/t15-;/m1./s1. The Hall–Kier alpha value is -4.97. The molecule has 3 aromatic carbocycles.